The fourth-order valence-electron chi connectivity index (χ4n) is 3.63. The molecule has 0 fully saturated rings. The van der Waals surface area contributed by atoms with Crippen molar-refractivity contribution < 1.29 is 18.3 Å². The molecule has 29 heavy (non-hydrogen) atoms. The van der Waals surface area contributed by atoms with Crippen LogP contribution in [0.4, 0.5) is 5.69 Å². The second-order valence-electron chi connectivity index (χ2n) is 9.30. The van der Waals surface area contributed by atoms with Crippen LogP contribution in [0.3, 0.4) is 0 Å². The zero-order chi connectivity index (χ0) is 22.3. The Balaban J connectivity index is 2.83. The molecule has 1 aromatic carbocycles. The lowest BCUT2D eigenvalue weighted by atomic mass is 9.79. The predicted octanol–water partition coefficient (Wildman–Crippen LogP) is 6.74. The molecule has 0 aliphatic carbocycles. The van der Waals surface area contributed by atoms with E-state index in [0.29, 0.717) is 6.54 Å². The van der Waals surface area contributed by atoms with Crippen LogP contribution in [-0.4, -0.2) is 30.8 Å². The van der Waals surface area contributed by atoms with E-state index in [2.05, 4.69) is 58.6 Å². The van der Waals surface area contributed by atoms with Crippen molar-refractivity contribution in [1.82, 2.24) is 0 Å². The van der Waals surface area contributed by atoms with E-state index in [1.807, 2.05) is 27.0 Å². The molecule has 0 saturated carbocycles. The largest absolute Gasteiger partial charge is 0.445 e. The molecule has 0 saturated heterocycles. The van der Waals surface area contributed by atoms with Crippen molar-refractivity contribution in [2.24, 2.45) is 0 Å². The Morgan fingerprint density at radius 3 is 1.97 bits per heavy atom. The van der Waals surface area contributed by atoms with Crippen LogP contribution >= 0.6 is 19.4 Å². The van der Waals surface area contributed by atoms with E-state index in [-0.39, 0.29) is 24.0 Å². The van der Waals surface area contributed by atoms with Crippen molar-refractivity contribution in [2.45, 2.75) is 77.9 Å². The number of fused-ring (bicyclic) bond motifs is 1. The quantitative estimate of drug-likeness (QED) is 0.435. The highest BCUT2D eigenvalue weighted by Crippen LogP contribution is 2.70. The van der Waals surface area contributed by atoms with Gasteiger partial charge in [0.15, 0.2) is 5.75 Å². The smallest absolute Gasteiger partial charge is 0.406 e. The lowest BCUT2D eigenvalue weighted by Gasteiger charge is -2.39. The minimum absolute atomic E-state index is 0.0252. The third-order valence-electron chi connectivity index (χ3n) is 5.14. The van der Waals surface area contributed by atoms with E-state index in [0.717, 1.165) is 17.0 Å². The highest BCUT2D eigenvalue weighted by molar-refractivity contribution is 8.05. The number of nitrogens with zero attached hydrogens (tertiary/aromatic N) is 1. The highest BCUT2D eigenvalue weighted by Gasteiger charge is 2.62. The van der Waals surface area contributed by atoms with Gasteiger partial charge in [-0.1, -0.05) is 59.4 Å². The first-order chi connectivity index (χ1) is 13.3. The Morgan fingerprint density at radius 2 is 1.59 bits per heavy atom. The molecule has 0 amide bonds. The summed E-state index contributed by atoms with van der Waals surface area (Å²) in [5.41, 5.74) is 3.12. The van der Waals surface area contributed by atoms with Crippen LogP contribution in [0.5, 0.6) is 5.75 Å². The molecule has 0 spiro atoms. The van der Waals surface area contributed by atoms with Crippen LogP contribution in [-0.2, 0) is 24.4 Å². The standard InChI is InChI=1S/C22H38NO4PS/c1-11-23-18-15-16(20(4,5)6)14-17(21(7,8)9)19(18)27-22(23,29-10)28(24,25-12-2)26-13-3/h14-15H,11-13H2,1-10H3. The van der Waals surface area contributed by atoms with Gasteiger partial charge < -0.3 is 18.7 Å². The molecule has 1 aromatic rings. The molecule has 5 nitrogen and oxygen atoms in total. The molecule has 0 aromatic heterocycles. The number of hydrogen-bond donors (Lipinski definition) is 0. The van der Waals surface area contributed by atoms with Gasteiger partial charge in [0.1, 0.15) is 0 Å². The maximum atomic E-state index is 14.0. The van der Waals surface area contributed by atoms with Gasteiger partial charge in [0.25, 0.3) is 0 Å². The third-order valence-corrected chi connectivity index (χ3v) is 9.41. The molecular formula is C22H38NO4PS. The Hall–Kier alpha value is -0.680. The summed E-state index contributed by atoms with van der Waals surface area (Å²) < 4.78 is 32.2. The van der Waals surface area contributed by atoms with Crippen LogP contribution in [0.2, 0.25) is 0 Å². The van der Waals surface area contributed by atoms with E-state index in [9.17, 15) is 4.57 Å². The number of benzene rings is 1. The van der Waals surface area contributed by atoms with E-state index in [4.69, 9.17) is 13.8 Å². The number of hydrogen-bond acceptors (Lipinski definition) is 6. The zero-order valence-electron chi connectivity index (χ0n) is 19.7. The molecule has 2 rings (SSSR count). The van der Waals surface area contributed by atoms with Crippen molar-refractivity contribution in [1.29, 1.82) is 0 Å². The summed E-state index contributed by atoms with van der Waals surface area (Å²) >= 11 is 1.38. The first-order valence-corrected chi connectivity index (χ1v) is 13.2. The third kappa shape index (κ3) is 4.23. The second kappa shape index (κ2) is 8.45. The van der Waals surface area contributed by atoms with Crippen molar-refractivity contribution >= 4 is 25.0 Å². The minimum atomic E-state index is -3.61. The average molecular weight is 444 g/mol. The van der Waals surface area contributed by atoms with Gasteiger partial charge in [-0.25, -0.2) is 0 Å². The van der Waals surface area contributed by atoms with Crippen molar-refractivity contribution in [3.05, 3.63) is 23.3 Å². The van der Waals surface area contributed by atoms with E-state index in [1.165, 1.54) is 17.3 Å². The molecule has 0 radical (unpaired) electrons. The molecular weight excluding hydrogens is 405 g/mol. The van der Waals surface area contributed by atoms with Gasteiger partial charge in [0.05, 0.1) is 18.9 Å². The maximum absolute atomic E-state index is 14.0. The van der Waals surface area contributed by atoms with Crippen molar-refractivity contribution in [3.63, 3.8) is 0 Å². The summed E-state index contributed by atoms with van der Waals surface area (Å²) in [5.74, 6) is 0.779. The van der Waals surface area contributed by atoms with Gasteiger partial charge in [-0.2, -0.15) is 0 Å². The van der Waals surface area contributed by atoms with Gasteiger partial charge in [0.2, 0.25) is 0 Å². The molecule has 0 N–H and O–H groups in total. The second-order valence-corrected chi connectivity index (χ2v) is 12.7. The van der Waals surface area contributed by atoms with Gasteiger partial charge in [-0.3, -0.25) is 4.57 Å². The summed E-state index contributed by atoms with van der Waals surface area (Å²) in [6, 6.07) is 4.41. The van der Waals surface area contributed by atoms with E-state index in [1.54, 1.807) is 0 Å². The fourth-order valence-corrected chi connectivity index (χ4v) is 7.28. The van der Waals surface area contributed by atoms with E-state index < -0.39 is 12.4 Å². The topological polar surface area (TPSA) is 48.0 Å². The Bertz CT molecular complexity index is 774. The zero-order valence-corrected chi connectivity index (χ0v) is 21.4. The van der Waals surface area contributed by atoms with Gasteiger partial charge >= 0.3 is 12.4 Å². The Labute approximate surface area is 181 Å². The maximum Gasteiger partial charge on any atom is 0.406 e. The number of ether oxygens (including phenoxy) is 1. The van der Waals surface area contributed by atoms with Gasteiger partial charge in [-0.05, 0) is 49.5 Å². The summed E-state index contributed by atoms with van der Waals surface area (Å²) in [7, 11) is -3.61. The van der Waals surface area contributed by atoms with Crippen LogP contribution < -0.4 is 9.64 Å². The molecule has 0 bridgehead atoms. The van der Waals surface area contributed by atoms with E-state index >= 15 is 0 Å². The SMILES string of the molecule is CCOP(=O)(OCC)C1(SC)Oc2c(cc(C(C)(C)C)cc2C(C)(C)C)N1CC. The summed E-state index contributed by atoms with van der Waals surface area (Å²) in [4.78, 5) is 0.816. The molecule has 1 aliphatic heterocycles. The Kier molecular flexibility index (Phi) is 7.17. The predicted molar refractivity (Wildman–Crippen MR) is 125 cm³/mol. The molecule has 1 atom stereocenters. The summed E-state index contributed by atoms with van der Waals surface area (Å²) in [6.07, 6.45) is 1.90. The Morgan fingerprint density at radius 1 is 1.03 bits per heavy atom. The minimum Gasteiger partial charge on any atom is -0.445 e. The molecule has 1 heterocycles. The van der Waals surface area contributed by atoms with Crippen LogP contribution in [0.15, 0.2) is 12.1 Å². The summed E-state index contributed by atoms with van der Waals surface area (Å²) in [6.45, 7) is 20.1. The van der Waals surface area contributed by atoms with Crippen LogP contribution in [0.1, 0.15) is 73.4 Å². The first kappa shape index (κ1) is 24.6. The molecule has 166 valence electrons. The van der Waals surface area contributed by atoms with Gasteiger partial charge in [-0.15, -0.1) is 0 Å². The lowest BCUT2D eigenvalue weighted by Crippen LogP contribution is -2.47. The normalized spacial score (nSPS) is 20.0. The average Bonchev–Trinajstić information content (AvgIpc) is 2.94. The van der Waals surface area contributed by atoms with Gasteiger partial charge in [0, 0.05) is 12.1 Å². The van der Waals surface area contributed by atoms with Crippen LogP contribution in [0, 0.1) is 0 Å². The molecule has 1 unspecified atom stereocenters. The molecule has 1 aliphatic rings. The number of rotatable bonds is 7. The van der Waals surface area contributed by atoms with Crippen LogP contribution in [0.25, 0.3) is 0 Å². The monoisotopic (exact) mass is 443 g/mol. The number of thioether (sulfide) groups is 1. The lowest BCUT2D eigenvalue weighted by molar-refractivity contribution is 0.153. The van der Waals surface area contributed by atoms with Crippen molar-refractivity contribution in [3.8, 4) is 5.75 Å². The highest BCUT2D eigenvalue weighted by atomic mass is 32.2. The van der Waals surface area contributed by atoms with Crippen molar-refractivity contribution in [2.75, 3.05) is 30.9 Å². The molecule has 7 heteroatoms. The fraction of sp³-hybridized carbons (Fsp3) is 0.727. The number of anilines is 1. The summed E-state index contributed by atoms with van der Waals surface area (Å²) in [5, 5.41) is 0. The first-order valence-electron chi connectivity index (χ1n) is 10.4.